The summed E-state index contributed by atoms with van der Waals surface area (Å²) in [4.78, 5) is 25.9. The second-order valence-corrected chi connectivity index (χ2v) is 5.30. The Kier molecular flexibility index (Phi) is 3.10. The van der Waals surface area contributed by atoms with Crippen molar-refractivity contribution in [2.45, 2.75) is 37.8 Å². The molecule has 0 saturated heterocycles. The maximum absolute atomic E-state index is 12.1. The molecule has 20 heavy (non-hydrogen) atoms. The number of aliphatic hydroxyl groups excluding tert-OH is 1. The first-order valence-electron chi connectivity index (χ1n) is 6.72. The third-order valence-corrected chi connectivity index (χ3v) is 4.00. The molecule has 3 N–H and O–H groups in total. The first kappa shape index (κ1) is 12.9. The lowest BCUT2D eigenvalue weighted by atomic mass is 9.93. The lowest BCUT2D eigenvalue weighted by Crippen LogP contribution is -2.27. The second-order valence-electron chi connectivity index (χ2n) is 5.30. The summed E-state index contributed by atoms with van der Waals surface area (Å²) in [6, 6.07) is 4.65. The van der Waals surface area contributed by atoms with E-state index >= 15 is 0 Å². The first-order chi connectivity index (χ1) is 9.56. The molecule has 6 nitrogen and oxygen atoms in total. The highest BCUT2D eigenvalue weighted by molar-refractivity contribution is 5.92. The van der Waals surface area contributed by atoms with Crippen LogP contribution in [0.25, 0.3) is 11.0 Å². The van der Waals surface area contributed by atoms with Crippen LogP contribution >= 0.6 is 0 Å². The van der Waals surface area contributed by atoms with Crippen LogP contribution in [0.15, 0.2) is 23.0 Å². The van der Waals surface area contributed by atoms with Crippen molar-refractivity contribution in [2.24, 2.45) is 0 Å². The van der Waals surface area contributed by atoms with Crippen LogP contribution < -0.4 is 5.69 Å². The zero-order chi connectivity index (χ0) is 14.3. The van der Waals surface area contributed by atoms with E-state index in [4.69, 9.17) is 5.11 Å². The van der Waals surface area contributed by atoms with Crippen LogP contribution in [0.1, 0.15) is 42.1 Å². The van der Waals surface area contributed by atoms with Crippen molar-refractivity contribution in [2.75, 3.05) is 0 Å². The molecule has 2 aromatic rings. The number of nitrogens with zero attached hydrogens (tertiary/aromatic N) is 1. The topological polar surface area (TPSA) is 95.3 Å². The lowest BCUT2D eigenvalue weighted by molar-refractivity contribution is 0.0697. The van der Waals surface area contributed by atoms with E-state index in [0.29, 0.717) is 23.9 Å². The standard InChI is InChI=1S/C14H16N2O4/c17-10-4-2-9(3-5-10)16-12-7-8(13(18)19)1-6-11(12)15-14(16)20/h1,6-7,9-10,17H,2-5H2,(H,15,20)(H,18,19). The van der Waals surface area contributed by atoms with E-state index < -0.39 is 5.97 Å². The summed E-state index contributed by atoms with van der Waals surface area (Å²) in [5.74, 6) is -1.01. The highest BCUT2D eigenvalue weighted by Gasteiger charge is 2.24. The van der Waals surface area contributed by atoms with Crippen molar-refractivity contribution in [3.8, 4) is 0 Å². The van der Waals surface area contributed by atoms with Crippen LogP contribution in [0.5, 0.6) is 0 Å². The molecule has 1 heterocycles. The zero-order valence-corrected chi connectivity index (χ0v) is 10.9. The summed E-state index contributed by atoms with van der Waals surface area (Å²) in [7, 11) is 0. The number of hydrogen-bond donors (Lipinski definition) is 3. The van der Waals surface area contributed by atoms with Crippen molar-refractivity contribution in [3.63, 3.8) is 0 Å². The van der Waals surface area contributed by atoms with Gasteiger partial charge in [-0.15, -0.1) is 0 Å². The maximum Gasteiger partial charge on any atom is 0.335 e. The molecule has 0 spiro atoms. The van der Waals surface area contributed by atoms with Gasteiger partial charge in [0.25, 0.3) is 0 Å². The number of benzene rings is 1. The number of aliphatic hydroxyl groups is 1. The number of H-pyrrole nitrogens is 1. The molecule has 0 aliphatic heterocycles. The summed E-state index contributed by atoms with van der Waals surface area (Å²) >= 11 is 0. The van der Waals surface area contributed by atoms with Crippen molar-refractivity contribution < 1.29 is 15.0 Å². The van der Waals surface area contributed by atoms with Gasteiger partial charge < -0.3 is 15.2 Å². The maximum atomic E-state index is 12.1. The molecular weight excluding hydrogens is 260 g/mol. The molecule has 3 rings (SSSR count). The van der Waals surface area contributed by atoms with Crippen molar-refractivity contribution >= 4 is 17.0 Å². The van der Waals surface area contributed by atoms with E-state index in [1.807, 2.05) is 0 Å². The molecule has 0 atom stereocenters. The molecule has 6 heteroatoms. The molecule has 1 saturated carbocycles. The second kappa shape index (κ2) is 4.79. The molecule has 106 valence electrons. The van der Waals surface area contributed by atoms with Crippen LogP contribution in [0.2, 0.25) is 0 Å². The fourth-order valence-electron chi connectivity index (χ4n) is 2.93. The molecule has 1 aromatic carbocycles. The van der Waals surface area contributed by atoms with Gasteiger partial charge in [-0.25, -0.2) is 9.59 Å². The molecule has 1 aliphatic carbocycles. The Morgan fingerprint density at radius 3 is 2.60 bits per heavy atom. The molecule has 1 aliphatic rings. The van der Waals surface area contributed by atoms with Gasteiger partial charge in [0, 0.05) is 6.04 Å². The summed E-state index contributed by atoms with van der Waals surface area (Å²) in [6.45, 7) is 0. The number of fused-ring (bicyclic) bond motifs is 1. The minimum Gasteiger partial charge on any atom is -0.478 e. The van der Waals surface area contributed by atoms with Crippen molar-refractivity contribution in [3.05, 3.63) is 34.2 Å². The largest absolute Gasteiger partial charge is 0.478 e. The van der Waals surface area contributed by atoms with Gasteiger partial charge in [-0.05, 0) is 43.9 Å². The van der Waals surface area contributed by atoms with Gasteiger partial charge in [-0.2, -0.15) is 0 Å². The van der Waals surface area contributed by atoms with Gasteiger partial charge in [0.2, 0.25) is 0 Å². The molecule has 0 bridgehead atoms. The van der Waals surface area contributed by atoms with Crippen molar-refractivity contribution in [1.82, 2.24) is 9.55 Å². The van der Waals surface area contributed by atoms with Gasteiger partial charge in [0.15, 0.2) is 0 Å². The number of nitrogens with one attached hydrogen (secondary N) is 1. The van der Waals surface area contributed by atoms with Crippen LogP contribution in [0.4, 0.5) is 0 Å². The Morgan fingerprint density at radius 2 is 1.95 bits per heavy atom. The third kappa shape index (κ3) is 2.12. The van der Waals surface area contributed by atoms with Gasteiger partial charge >= 0.3 is 11.7 Å². The summed E-state index contributed by atoms with van der Waals surface area (Å²) in [6.07, 6.45) is 2.50. The molecular formula is C14H16N2O4. The Hall–Kier alpha value is -2.08. The van der Waals surface area contributed by atoms with Crippen LogP contribution in [0, 0.1) is 0 Å². The average Bonchev–Trinajstić information content (AvgIpc) is 2.75. The zero-order valence-electron chi connectivity index (χ0n) is 10.9. The van der Waals surface area contributed by atoms with Crippen LogP contribution in [-0.4, -0.2) is 31.8 Å². The van der Waals surface area contributed by atoms with Crippen molar-refractivity contribution in [1.29, 1.82) is 0 Å². The molecule has 0 amide bonds. The highest BCUT2D eigenvalue weighted by atomic mass is 16.4. The number of rotatable bonds is 2. The number of carboxylic acids is 1. The smallest absolute Gasteiger partial charge is 0.335 e. The van der Waals surface area contributed by atoms with Crippen LogP contribution in [0.3, 0.4) is 0 Å². The van der Waals surface area contributed by atoms with Crippen LogP contribution in [-0.2, 0) is 0 Å². The Bertz CT molecular complexity index is 708. The fourth-order valence-corrected chi connectivity index (χ4v) is 2.93. The highest BCUT2D eigenvalue weighted by Crippen LogP contribution is 2.29. The predicted molar refractivity (Wildman–Crippen MR) is 73.0 cm³/mol. The number of hydrogen-bond acceptors (Lipinski definition) is 3. The average molecular weight is 276 g/mol. The van der Waals surface area contributed by atoms with Gasteiger partial charge in [0.05, 0.1) is 22.7 Å². The minimum atomic E-state index is -1.01. The summed E-state index contributed by atoms with van der Waals surface area (Å²) < 4.78 is 1.63. The Balaban J connectivity index is 2.09. The number of aromatic carboxylic acids is 1. The monoisotopic (exact) mass is 276 g/mol. The van der Waals surface area contributed by atoms with Gasteiger partial charge in [-0.1, -0.05) is 0 Å². The number of imidazole rings is 1. The predicted octanol–water partition coefficient (Wildman–Crippen LogP) is 1.50. The fraction of sp³-hybridized carbons (Fsp3) is 0.429. The van der Waals surface area contributed by atoms with Gasteiger partial charge in [-0.3, -0.25) is 4.57 Å². The Labute approximate surface area is 114 Å². The number of aromatic amines is 1. The van der Waals surface area contributed by atoms with E-state index in [-0.39, 0.29) is 23.4 Å². The number of aromatic nitrogens is 2. The van der Waals surface area contributed by atoms with E-state index in [0.717, 1.165) is 12.8 Å². The van der Waals surface area contributed by atoms with E-state index in [2.05, 4.69) is 4.98 Å². The molecule has 0 unspecified atom stereocenters. The molecule has 1 aromatic heterocycles. The minimum absolute atomic E-state index is 0.0173. The number of carboxylic acid groups (broad SMARTS) is 1. The van der Waals surface area contributed by atoms with Gasteiger partial charge in [0.1, 0.15) is 0 Å². The number of carbonyl (C=O) groups is 1. The summed E-state index contributed by atoms with van der Waals surface area (Å²) in [5, 5.41) is 18.6. The SMILES string of the molecule is O=C(O)c1ccc2[nH]c(=O)n(C3CCC(O)CC3)c2c1. The molecule has 1 fully saturated rings. The summed E-state index contributed by atoms with van der Waals surface area (Å²) in [5.41, 5.74) is 1.22. The third-order valence-electron chi connectivity index (χ3n) is 4.00. The quantitative estimate of drug-likeness (QED) is 0.774. The molecule has 0 radical (unpaired) electrons. The van der Waals surface area contributed by atoms with E-state index in [9.17, 15) is 14.7 Å². The Morgan fingerprint density at radius 1 is 1.25 bits per heavy atom. The first-order valence-corrected chi connectivity index (χ1v) is 6.72. The van der Waals surface area contributed by atoms with E-state index in [1.54, 1.807) is 10.6 Å². The normalized spacial score (nSPS) is 23.1. The van der Waals surface area contributed by atoms with E-state index in [1.165, 1.54) is 12.1 Å². The lowest BCUT2D eigenvalue weighted by Gasteiger charge is -2.26.